The highest BCUT2D eigenvalue weighted by atomic mass is 35.5. The zero-order valence-electron chi connectivity index (χ0n) is 21.7. The molecule has 1 heterocycles. The van der Waals surface area contributed by atoms with Gasteiger partial charge in [-0.2, -0.15) is 0 Å². The molecule has 4 nitrogen and oxygen atoms in total. The highest BCUT2D eigenvalue weighted by molar-refractivity contribution is 7.92. The third kappa shape index (κ3) is 6.00. The summed E-state index contributed by atoms with van der Waals surface area (Å²) < 4.78 is 26.4. The molecule has 0 aromatic heterocycles. The van der Waals surface area contributed by atoms with Crippen molar-refractivity contribution in [3.8, 4) is 0 Å². The molecule has 3 rings (SSSR count). The van der Waals surface area contributed by atoms with Crippen LogP contribution in [-0.4, -0.2) is 36.3 Å². The fourth-order valence-electron chi connectivity index (χ4n) is 5.28. The van der Waals surface area contributed by atoms with Crippen LogP contribution in [0.3, 0.4) is 0 Å². The quantitative estimate of drug-likeness (QED) is 0.304. The number of carbonyl (C=O) groups is 1. The van der Waals surface area contributed by atoms with E-state index < -0.39 is 26.5 Å². The van der Waals surface area contributed by atoms with Crippen LogP contribution in [0.2, 0.25) is 10.0 Å². The van der Waals surface area contributed by atoms with E-state index in [-0.39, 0.29) is 29.5 Å². The number of allylic oxidation sites excluding steroid dienone is 1. The number of carbonyl (C=O) groups excluding carboxylic acids is 1. The van der Waals surface area contributed by atoms with Crippen LogP contribution >= 0.6 is 23.2 Å². The molecular weight excluding hydrogens is 513 g/mol. The molecule has 0 spiro atoms. The van der Waals surface area contributed by atoms with Crippen molar-refractivity contribution >= 4 is 38.9 Å². The number of rotatable bonds is 9. The van der Waals surface area contributed by atoms with Gasteiger partial charge in [0.2, 0.25) is 5.91 Å². The lowest BCUT2D eigenvalue weighted by Crippen LogP contribution is -2.58. The minimum Gasteiger partial charge on any atom is -0.330 e. The van der Waals surface area contributed by atoms with Crippen molar-refractivity contribution in [2.45, 2.75) is 70.7 Å². The molecule has 4 atom stereocenters. The Kier molecular flexibility index (Phi) is 9.01. The highest BCUT2D eigenvalue weighted by Crippen LogP contribution is 2.52. The van der Waals surface area contributed by atoms with Gasteiger partial charge < -0.3 is 4.90 Å². The third-order valence-electron chi connectivity index (χ3n) is 7.43. The predicted molar refractivity (Wildman–Crippen MR) is 150 cm³/mol. The van der Waals surface area contributed by atoms with Gasteiger partial charge in [0.1, 0.15) is 0 Å². The Hall–Kier alpha value is -1.82. The average molecular weight is 551 g/mol. The Bertz CT molecular complexity index is 1190. The molecule has 196 valence electrons. The molecule has 1 saturated heterocycles. The molecule has 1 aliphatic rings. The summed E-state index contributed by atoms with van der Waals surface area (Å²) in [5.74, 6) is -0.317. The second-order valence-electron chi connectivity index (χ2n) is 10.8. The Morgan fingerprint density at radius 1 is 1.06 bits per heavy atom. The molecule has 36 heavy (non-hydrogen) atoms. The first-order valence-electron chi connectivity index (χ1n) is 12.5. The first-order chi connectivity index (χ1) is 16.8. The van der Waals surface area contributed by atoms with Crippen molar-refractivity contribution in [1.82, 2.24) is 4.90 Å². The monoisotopic (exact) mass is 549 g/mol. The van der Waals surface area contributed by atoms with Crippen LogP contribution < -0.4 is 0 Å². The molecule has 1 aliphatic heterocycles. The van der Waals surface area contributed by atoms with E-state index in [4.69, 9.17) is 23.2 Å². The summed E-state index contributed by atoms with van der Waals surface area (Å²) in [6.45, 7) is 13.2. The topological polar surface area (TPSA) is 54.5 Å². The molecule has 1 amide bonds. The predicted octanol–water partition coefficient (Wildman–Crippen LogP) is 7.48. The SMILES string of the molecule is C=CCC1(C)CC(c2cccc(Cl)c2)C(c2ccc(Cl)cc2)N([C@H](CS(=O)(=O)C(C)C)C(C)C)C1=O. The zero-order valence-corrected chi connectivity index (χ0v) is 24.1. The van der Waals surface area contributed by atoms with Gasteiger partial charge in [0.25, 0.3) is 0 Å². The lowest BCUT2D eigenvalue weighted by Gasteiger charge is -2.53. The van der Waals surface area contributed by atoms with Crippen molar-refractivity contribution in [1.29, 1.82) is 0 Å². The number of likely N-dealkylation sites (tertiary alicyclic amines) is 1. The van der Waals surface area contributed by atoms with Crippen LogP contribution in [0.15, 0.2) is 61.2 Å². The van der Waals surface area contributed by atoms with Crippen LogP contribution in [0.5, 0.6) is 0 Å². The summed E-state index contributed by atoms with van der Waals surface area (Å²) >= 11 is 12.6. The average Bonchev–Trinajstić information content (AvgIpc) is 2.80. The maximum atomic E-state index is 14.4. The Balaban J connectivity index is 2.29. The van der Waals surface area contributed by atoms with Gasteiger partial charge in [-0.1, -0.05) is 74.3 Å². The first-order valence-corrected chi connectivity index (χ1v) is 14.9. The van der Waals surface area contributed by atoms with Crippen molar-refractivity contribution < 1.29 is 13.2 Å². The van der Waals surface area contributed by atoms with E-state index in [2.05, 4.69) is 6.58 Å². The minimum absolute atomic E-state index is 0.0433. The van der Waals surface area contributed by atoms with Crippen LogP contribution in [0.4, 0.5) is 0 Å². The van der Waals surface area contributed by atoms with Crippen LogP contribution in [0.25, 0.3) is 0 Å². The van der Waals surface area contributed by atoms with Crippen molar-refractivity contribution in [2.75, 3.05) is 5.75 Å². The second-order valence-corrected chi connectivity index (χ2v) is 14.3. The number of nitrogens with zero attached hydrogens (tertiary/aromatic N) is 1. The number of benzene rings is 2. The van der Waals surface area contributed by atoms with Gasteiger partial charge in [-0.05, 0) is 68.0 Å². The maximum absolute atomic E-state index is 14.4. The molecule has 1 fully saturated rings. The fraction of sp³-hybridized carbons (Fsp3) is 0.483. The van der Waals surface area contributed by atoms with Crippen LogP contribution in [-0.2, 0) is 14.6 Å². The molecule has 7 heteroatoms. The smallest absolute Gasteiger partial charge is 0.229 e. The largest absolute Gasteiger partial charge is 0.330 e. The molecular formula is C29H37Cl2NO3S. The molecule has 0 radical (unpaired) electrons. The summed E-state index contributed by atoms with van der Waals surface area (Å²) in [4.78, 5) is 16.2. The highest BCUT2D eigenvalue weighted by Gasteiger charge is 2.52. The van der Waals surface area contributed by atoms with Crippen molar-refractivity contribution in [2.24, 2.45) is 11.3 Å². The number of halogens is 2. The second kappa shape index (κ2) is 11.3. The van der Waals surface area contributed by atoms with Crippen molar-refractivity contribution in [3.63, 3.8) is 0 Å². The van der Waals surface area contributed by atoms with Gasteiger partial charge in [-0.3, -0.25) is 4.79 Å². The van der Waals surface area contributed by atoms with E-state index >= 15 is 0 Å². The van der Waals surface area contributed by atoms with E-state index in [0.717, 1.165) is 11.1 Å². The number of hydrogen-bond donors (Lipinski definition) is 0. The lowest BCUT2D eigenvalue weighted by atomic mass is 9.67. The van der Waals surface area contributed by atoms with E-state index in [1.807, 2.05) is 74.2 Å². The number of hydrogen-bond acceptors (Lipinski definition) is 3. The van der Waals surface area contributed by atoms with Gasteiger partial charge in [0.05, 0.1) is 22.5 Å². The fourth-order valence-corrected chi connectivity index (χ4v) is 7.01. The van der Waals surface area contributed by atoms with E-state index in [0.29, 0.717) is 22.9 Å². The van der Waals surface area contributed by atoms with E-state index in [9.17, 15) is 13.2 Å². The molecule has 0 bridgehead atoms. The summed E-state index contributed by atoms with van der Waals surface area (Å²) in [6.07, 6.45) is 2.86. The van der Waals surface area contributed by atoms with Crippen LogP contribution in [0, 0.1) is 11.3 Å². The van der Waals surface area contributed by atoms with Gasteiger partial charge in [0, 0.05) is 22.0 Å². The van der Waals surface area contributed by atoms with Crippen molar-refractivity contribution in [3.05, 3.63) is 82.4 Å². The molecule has 0 aliphatic carbocycles. The van der Waals surface area contributed by atoms with Gasteiger partial charge in [-0.15, -0.1) is 6.58 Å². The number of piperidine rings is 1. The first kappa shape index (κ1) is 28.7. The van der Waals surface area contributed by atoms with Gasteiger partial charge >= 0.3 is 0 Å². The number of amides is 1. The number of sulfone groups is 1. The maximum Gasteiger partial charge on any atom is 0.229 e. The van der Waals surface area contributed by atoms with Gasteiger partial charge in [-0.25, -0.2) is 8.42 Å². The Morgan fingerprint density at radius 3 is 2.22 bits per heavy atom. The Morgan fingerprint density at radius 2 is 1.69 bits per heavy atom. The molecule has 2 aromatic carbocycles. The normalized spacial score (nSPS) is 23.8. The van der Waals surface area contributed by atoms with E-state index in [1.54, 1.807) is 19.9 Å². The summed E-state index contributed by atoms with van der Waals surface area (Å²) in [6, 6.07) is 14.4. The molecule has 2 aromatic rings. The molecule has 0 saturated carbocycles. The summed E-state index contributed by atoms with van der Waals surface area (Å²) in [5, 5.41) is 0.695. The van der Waals surface area contributed by atoms with Crippen LogP contribution in [0.1, 0.15) is 70.5 Å². The van der Waals surface area contributed by atoms with E-state index in [1.165, 1.54) is 0 Å². The third-order valence-corrected chi connectivity index (χ3v) is 10.2. The zero-order chi connectivity index (χ0) is 26.8. The summed E-state index contributed by atoms with van der Waals surface area (Å²) in [5.41, 5.74) is 1.21. The Labute approximate surface area is 226 Å². The molecule has 3 unspecified atom stereocenters. The molecule has 0 N–H and O–H groups in total. The standard InChI is InChI=1S/C29H37Cl2NO3S/c1-7-15-29(6)17-25(22-9-8-10-24(31)16-22)27(21-11-13-23(30)14-12-21)32(28(29)33)26(19(2)3)18-36(34,35)20(4)5/h7-14,16,19-20,25-27H,1,15,17-18H2,2-6H3/t25?,26-,27?,29?/m1/s1. The van der Waals surface area contributed by atoms with Gasteiger partial charge in [0.15, 0.2) is 9.84 Å². The summed E-state index contributed by atoms with van der Waals surface area (Å²) in [7, 11) is -3.42. The lowest BCUT2D eigenvalue weighted by molar-refractivity contribution is -0.155. The minimum atomic E-state index is -3.42.